The number of carbonyl (C=O) groups is 2. The minimum absolute atomic E-state index is 0.0950. The lowest BCUT2D eigenvalue weighted by Gasteiger charge is -2.29. The van der Waals surface area contributed by atoms with Crippen molar-refractivity contribution in [3.8, 4) is 11.5 Å². The summed E-state index contributed by atoms with van der Waals surface area (Å²) in [6.45, 7) is 11.3. The first-order chi connectivity index (χ1) is 18.6. The number of amides is 2. The highest BCUT2D eigenvalue weighted by Gasteiger charge is 2.41. The maximum Gasteiger partial charge on any atom is 0.407 e. The summed E-state index contributed by atoms with van der Waals surface area (Å²) in [5, 5.41) is 4.98. The second-order valence-electron chi connectivity index (χ2n) is 11.1. The maximum atomic E-state index is 12.0. The Morgan fingerprint density at radius 1 is 0.850 bits per heavy atom. The zero-order valence-electron chi connectivity index (χ0n) is 23.8. The molecule has 1 aliphatic rings. The fraction of sp³-hybridized carbons (Fsp3) is 0.500. The zero-order valence-corrected chi connectivity index (χ0v) is 25.4. The second-order valence-corrected chi connectivity index (χ2v) is 14.5. The molecule has 40 heavy (non-hydrogen) atoms. The lowest BCUT2D eigenvalue weighted by Crippen LogP contribution is -2.34. The summed E-state index contributed by atoms with van der Waals surface area (Å²) in [5.41, 5.74) is -0.587. The van der Waals surface area contributed by atoms with Crippen LogP contribution in [-0.4, -0.2) is 64.6 Å². The number of hydrogen-bond donors (Lipinski definition) is 4. The molecule has 0 saturated carbocycles. The number of fused-ring (bicyclic) bond motifs is 1. The molecule has 1 heterocycles. The topological polar surface area (TPSA) is 136 Å². The molecule has 0 saturated heterocycles. The molecule has 0 aromatic heterocycles. The molecule has 2 amide bonds. The minimum Gasteiger partial charge on any atom is -0.491 e. The van der Waals surface area contributed by atoms with Crippen LogP contribution in [-0.2, 0) is 9.47 Å². The fourth-order valence-electron chi connectivity index (χ4n) is 3.83. The van der Waals surface area contributed by atoms with Crippen LogP contribution in [0.4, 0.5) is 9.59 Å². The van der Waals surface area contributed by atoms with Crippen molar-refractivity contribution in [3.63, 3.8) is 0 Å². The number of nitrogens with one attached hydrogen (secondary N) is 2. The van der Waals surface area contributed by atoms with E-state index in [1.807, 2.05) is 30.3 Å². The van der Waals surface area contributed by atoms with Crippen molar-refractivity contribution in [2.24, 2.45) is 0 Å². The third-order valence-electron chi connectivity index (χ3n) is 5.23. The molecule has 0 fully saturated rings. The van der Waals surface area contributed by atoms with Gasteiger partial charge in [-0.1, -0.05) is 18.2 Å². The van der Waals surface area contributed by atoms with Crippen molar-refractivity contribution in [1.29, 1.82) is 0 Å². The molecular weight excluding hydrogens is 556 g/mol. The Hall–Kier alpha value is -2.80. The minimum atomic E-state index is -3.20. The highest BCUT2D eigenvalue weighted by molar-refractivity contribution is 8.25. The molecule has 222 valence electrons. The summed E-state index contributed by atoms with van der Waals surface area (Å²) in [6.07, 6.45) is -1.11. The summed E-state index contributed by atoms with van der Waals surface area (Å²) >= 11 is 1.51. The van der Waals surface area contributed by atoms with Crippen molar-refractivity contribution < 1.29 is 37.6 Å². The normalized spacial score (nSPS) is 16.9. The van der Waals surface area contributed by atoms with Gasteiger partial charge in [-0.25, -0.2) is 9.59 Å². The number of alkyl carbamates (subject to hydrolysis) is 2. The number of thioether (sulfide) groups is 1. The van der Waals surface area contributed by atoms with Crippen LogP contribution in [0.3, 0.4) is 0 Å². The highest BCUT2D eigenvalue weighted by Crippen LogP contribution is 2.67. The highest BCUT2D eigenvalue weighted by atomic mass is 32.3. The molecule has 1 atom stereocenters. The first-order valence-electron chi connectivity index (χ1n) is 13.0. The quantitative estimate of drug-likeness (QED) is 0.228. The molecule has 0 aliphatic carbocycles. The summed E-state index contributed by atoms with van der Waals surface area (Å²) in [7, 11) is -3.20. The molecule has 10 nitrogen and oxygen atoms in total. The Morgan fingerprint density at radius 2 is 1.35 bits per heavy atom. The Balaban J connectivity index is 1.76. The molecular formula is C28H40N2O8S2. The van der Waals surface area contributed by atoms with Gasteiger partial charge < -0.3 is 29.6 Å². The van der Waals surface area contributed by atoms with Crippen molar-refractivity contribution in [2.75, 3.05) is 32.1 Å². The largest absolute Gasteiger partial charge is 0.491 e. The first kappa shape index (κ1) is 31.7. The van der Waals surface area contributed by atoms with Crippen LogP contribution in [0.1, 0.15) is 52.4 Å². The Kier molecular flexibility index (Phi) is 10.5. The van der Waals surface area contributed by atoms with E-state index in [0.29, 0.717) is 22.0 Å². The number of carbonyl (C=O) groups excluding carboxylic acids is 2. The molecule has 12 heteroatoms. The standard InChI is InChI=1S/C28H40N2O8S2/c1-27(2,3)37-25(31)29-14-16-35-20-12-13-21(36-17-15-30-26(32)38-28(4,5)6)24-23(20)22(18-40(24,33)34)39-19-10-8-7-9-11-19/h7-13,22,33-34H,14-18H2,1-6H3,(H,29,31)(H,30,32). The van der Waals surface area contributed by atoms with Gasteiger partial charge in [0.05, 0.1) is 24.1 Å². The summed E-state index contributed by atoms with van der Waals surface area (Å²) in [6, 6.07) is 13.0. The molecule has 1 unspecified atom stereocenters. The van der Waals surface area contributed by atoms with Crippen LogP contribution in [0.5, 0.6) is 11.5 Å². The van der Waals surface area contributed by atoms with Crippen LogP contribution in [0.25, 0.3) is 0 Å². The molecule has 2 aromatic carbocycles. The van der Waals surface area contributed by atoms with E-state index < -0.39 is 34.0 Å². The van der Waals surface area contributed by atoms with E-state index in [4.69, 9.17) is 18.9 Å². The fourth-order valence-corrected chi connectivity index (χ4v) is 7.54. The Bertz CT molecular complexity index is 1160. The number of rotatable bonds is 10. The summed E-state index contributed by atoms with van der Waals surface area (Å²) in [5.74, 6) is 0.896. The monoisotopic (exact) mass is 596 g/mol. The molecule has 2 aromatic rings. The SMILES string of the molecule is CC(C)(C)OC(=O)NCCOc1ccc(OCCNC(=O)OC(C)(C)C)c2c1C(Sc1ccccc1)CS2(O)O. The second kappa shape index (κ2) is 13.2. The van der Waals surface area contributed by atoms with E-state index >= 15 is 0 Å². The predicted molar refractivity (Wildman–Crippen MR) is 157 cm³/mol. The van der Waals surface area contributed by atoms with Crippen LogP contribution in [0.15, 0.2) is 52.3 Å². The maximum absolute atomic E-state index is 12.0. The van der Waals surface area contributed by atoms with E-state index in [0.717, 1.165) is 4.90 Å². The van der Waals surface area contributed by atoms with Gasteiger partial charge in [0.25, 0.3) is 0 Å². The van der Waals surface area contributed by atoms with Gasteiger partial charge in [0, 0.05) is 10.5 Å². The van der Waals surface area contributed by atoms with Crippen molar-refractivity contribution >= 4 is 34.5 Å². The third kappa shape index (κ3) is 9.69. The van der Waals surface area contributed by atoms with E-state index in [-0.39, 0.29) is 37.3 Å². The van der Waals surface area contributed by atoms with Crippen molar-refractivity contribution in [2.45, 2.75) is 67.8 Å². The Morgan fingerprint density at radius 3 is 1.88 bits per heavy atom. The molecule has 1 aliphatic heterocycles. The van der Waals surface area contributed by atoms with Crippen molar-refractivity contribution in [3.05, 3.63) is 48.0 Å². The first-order valence-corrected chi connectivity index (χ1v) is 15.6. The van der Waals surface area contributed by atoms with E-state index in [1.165, 1.54) is 11.8 Å². The van der Waals surface area contributed by atoms with Gasteiger partial charge >= 0.3 is 12.2 Å². The third-order valence-corrected chi connectivity index (χ3v) is 8.55. The van der Waals surface area contributed by atoms with Crippen LogP contribution in [0, 0.1) is 0 Å². The van der Waals surface area contributed by atoms with Gasteiger partial charge in [-0.15, -0.1) is 11.8 Å². The van der Waals surface area contributed by atoms with Gasteiger partial charge in [-0.3, -0.25) is 9.11 Å². The molecule has 0 spiro atoms. The van der Waals surface area contributed by atoms with Gasteiger partial charge in [0.15, 0.2) is 0 Å². The smallest absolute Gasteiger partial charge is 0.407 e. The van der Waals surface area contributed by atoms with Crippen LogP contribution < -0.4 is 20.1 Å². The van der Waals surface area contributed by atoms with E-state index in [9.17, 15) is 18.7 Å². The summed E-state index contributed by atoms with van der Waals surface area (Å²) < 4.78 is 44.7. The molecule has 4 N–H and O–H groups in total. The average molecular weight is 597 g/mol. The lowest BCUT2D eigenvalue weighted by atomic mass is 10.1. The van der Waals surface area contributed by atoms with Gasteiger partial charge in [0.1, 0.15) is 40.8 Å². The number of hydrogen-bond acceptors (Lipinski definition) is 9. The number of benzene rings is 2. The van der Waals surface area contributed by atoms with E-state index in [1.54, 1.807) is 53.7 Å². The number of ether oxygens (including phenoxy) is 4. The van der Waals surface area contributed by atoms with Crippen molar-refractivity contribution in [1.82, 2.24) is 10.6 Å². The molecule has 3 rings (SSSR count). The average Bonchev–Trinajstić information content (AvgIpc) is 3.09. The Labute approximate surface area is 241 Å². The molecule has 0 radical (unpaired) electrons. The van der Waals surface area contributed by atoms with Crippen LogP contribution in [0.2, 0.25) is 0 Å². The van der Waals surface area contributed by atoms with Gasteiger partial charge in [-0.2, -0.15) is 10.6 Å². The lowest BCUT2D eigenvalue weighted by molar-refractivity contribution is 0.0508. The summed E-state index contributed by atoms with van der Waals surface area (Å²) in [4.78, 5) is 25.2. The zero-order chi connectivity index (χ0) is 29.6. The molecule has 0 bridgehead atoms. The predicted octanol–water partition coefficient (Wildman–Crippen LogP) is 6.45. The van der Waals surface area contributed by atoms with Gasteiger partial charge in [-0.05, 0) is 65.8 Å². The van der Waals surface area contributed by atoms with Crippen LogP contribution >= 0.6 is 22.4 Å². The van der Waals surface area contributed by atoms with E-state index in [2.05, 4.69) is 10.6 Å². The van der Waals surface area contributed by atoms with Gasteiger partial charge in [0.2, 0.25) is 0 Å².